The summed E-state index contributed by atoms with van der Waals surface area (Å²) in [6, 6.07) is 13.6. The second kappa shape index (κ2) is 6.62. The standard InChI is InChI=1S/C17H18N2O4S/c18-24(21,22)14-5-3-4-13(11-14)19-17(20)10-12-8-9-23-16-7-2-1-6-15(12)16/h1-7,11-12H,8-10H2,(H,19,20)(H2,18,21,22). The number of nitrogens with two attached hydrogens (primary N) is 1. The molecule has 2 aromatic carbocycles. The van der Waals surface area contributed by atoms with Crippen LogP contribution in [-0.2, 0) is 14.8 Å². The van der Waals surface area contributed by atoms with Crippen LogP contribution in [0.3, 0.4) is 0 Å². The lowest BCUT2D eigenvalue weighted by atomic mass is 9.90. The van der Waals surface area contributed by atoms with Crippen molar-refractivity contribution in [3.8, 4) is 5.75 Å². The fourth-order valence-corrected chi connectivity index (χ4v) is 3.37. The third kappa shape index (κ3) is 3.74. The normalized spacial score (nSPS) is 16.8. The smallest absolute Gasteiger partial charge is 0.238 e. The predicted molar refractivity (Wildman–Crippen MR) is 90.4 cm³/mol. The number of anilines is 1. The lowest BCUT2D eigenvalue weighted by molar-refractivity contribution is -0.116. The summed E-state index contributed by atoms with van der Waals surface area (Å²) in [5, 5.41) is 7.84. The Morgan fingerprint density at radius 3 is 2.79 bits per heavy atom. The van der Waals surface area contributed by atoms with Gasteiger partial charge in [0, 0.05) is 12.1 Å². The molecule has 2 aromatic rings. The highest BCUT2D eigenvalue weighted by molar-refractivity contribution is 7.89. The van der Waals surface area contributed by atoms with Crippen LogP contribution in [0.1, 0.15) is 24.3 Å². The number of amides is 1. The number of sulfonamides is 1. The van der Waals surface area contributed by atoms with E-state index < -0.39 is 10.0 Å². The van der Waals surface area contributed by atoms with E-state index in [2.05, 4.69) is 5.32 Å². The molecule has 0 aromatic heterocycles. The van der Waals surface area contributed by atoms with Crippen LogP contribution in [0.15, 0.2) is 53.4 Å². The minimum atomic E-state index is -3.80. The van der Waals surface area contributed by atoms with E-state index in [1.165, 1.54) is 12.1 Å². The van der Waals surface area contributed by atoms with Crippen LogP contribution in [0.25, 0.3) is 0 Å². The number of hydrogen-bond donors (Lipinski definition) is 2. The molecule has 0 spiro atoms. The molecule has 6 nitrogen and oxygen atoms in total. The number of fused-ring (bicyclic) bond motifs is 1. The van der Waals surface area contributed by atoms with Crippen molar-refractivity contribution in [2.24, 2.45) is 5.14 Å². The van der Waals surface area contributed by atoms with Gasteiger partial charge in [0.2, 0.25) is 15.9 Å². The van der Waals surface area contributed by atoms with Crippen molar-refractivity contribution in [2.45, 2.75) is 23.7 Å². The van der Waals surface area contributed by atoms with Crippen molar-refractivity contribution >= 4 is 21.6 Å². The molecule has 1 amide bonds. The quantitative estimate of drug-likeness (QED) is 0.887. The Labute approximate surface area is 140 Å². The van der Waals surface area contributed by atoms with Gasteiger partial charge in [-0.3, -0.25) is 4.79 Å². The average molecular weight is 346 g/mol. The molecule has 0 aliphatic carbocycles. The van der Waals surface area contributed by atoms with Gasteiger partial charge in [-0.2, -0.15) is 0 Å². The first-order valence-electron chi connectivity index (χ1n) is 7.58. The Bertz CT molecular complexity index is 864. The van der Waals surface area contributed by atoms with Crippen molar-refractivity contribution in [1.82, 2.24) is 0 Å². The molecule has 0 saturated carbocycles. The molecule has 7 heteroatoms. The molecular formula is C17H18N2O4S. The molecule has 1 unspecified atom stereocenters. The maximum Gasteiger partial charge on any atom is 0.238 e. The van der Waals surface area contributed by atoms with E-state index in [9.17, 15) is 13.2 Å². The van der Waals surface area contributed by atoms with E-state index in [1.807, 2.05) is 24.3 Å². The monoisotopic (exact) mass is 346 g/mol. The maximum absolute atomic E-state index is 12.3. The Hall–Kier alpha value is -2.38. The number of ether oxygens (including phenoxy) is 1. The molecule has 1 aliphatic heterocycles. The zero-order valence-electron chi connectivity index (χ0n) is 12.9. The van der Waals surface area contributed by atoms with Crippen LogP contribution < -0.4 is 15.2 Å². The van der Waals surface area contributed by atoms with Crippen molar-refractivity contribution in [2.75, 3.05) is 11.9 Å². The molecule has 1 aliphatic rings. The number of benzene rings is 2. The van der Waals surface area contributed by atoms with Gasteiger partial charge in [-0.15, -0.1) is 0 Å². The van der Waals surface area contributed by atoms with Crippen LogP contribution >= 0.6 is 0 Å². The fourth-order valence-electron chi connectivity index (χ4n) is 2.81. The molecule has 3 N–H and O–H groups in total. The van der Waals surface area contributed by atoms with Crippen molar-refractivity contribution in [1.29, 1.82) is 0 Å². The molecule has 126 valence electrons. The van der Waals surface area contributed by atoms with E-state index >= 15 is 0 Å². The highest BCUT2D eigenvalue weighted by Gasteiger charge is 2.23. The molecule has 1 atom stereocenters. The number of para-hydroxylation sites is 1. The Morgan fingerprint density at radius 2 is 2.00 bits per heavy atom. The topological polar surface area (TPSA) is 98.5 Å². The maximum atomic E-state index is 12.3. The highest BCUT2D eigenvalue weighted by atomic mass is 32.2. The summed E-state index contributed by atoms with van der Waals surface area (Å²) >= 11 is 0. The molecule has 0 saturated heterocycles. The van der Waals surface area contributed by atoms with E-state index in [1.54, 1.807) is 12.1 Å². The third-order valence-corrected chi connectivity index (χ3v) is 4.87. The largest absolute Gasteiger partial charge is 0.493 e. The van der Waals surface area contributed by atoms with Crippen molar-refractivity contribution < 1.29 is 17.9 Å². The van der Waals surface area contributed by atoms with Gasteiger partial charge in [0.05, 0.1) is 11.5 Å². The number of nitrogens with one attached hydrogen (secondary N) is 1. The molecule has 0 fully saturated rings. The fraction of sp³-hybridized carbons (Fsp3) is 0.235. The predicted octanol–water partition coefficient (Wildman–Crippen LogP) is 2.23. The second-order valence-electron chi connectivity index (χ2n) is 5.70. The zero-order chi connectivity index (χ0) is 17.2. The molecule has 24 heavy (non-hydrogen) atoms. The Kier molecular flexibility index (Phi) is 4.55. The number of rotatable bonds is 4. The van der Waals surface area contributed by atoms with E-state index in [4.69, 9.17) is 9.88 Å². The van der Waals surface area contributed by atoms with Crippen LogP contribution in [0.5, 0.6) is 5.75 Å². The third-order valence-electron chi connectivity index (χ3n) is 3.96. The molecular weight excluding hydrogens is 328 g/mol. The van der Waals surface area contributed by atoms with Crippen molar-refractivity contribution in [3.05, 3.63) is 54.1 Å². The van der Waals surface area contributed by atoms with Gasteiger partial charge < -0.3 is 10.1 Å². The van der Waals surface area contributed by atoms with E-state index in [0.717, 1.165) is 17.7 Å². The lowest BCUT2D eigenvalue weighted by Gasteiger charge is -2.25. The molecule has 0 bridgehead atoms. The number of hydrogen-bond acceptors (Lipinski definition) is 4. The minimum absolute atomic E-state index is 0.0308. The second-order valence-corrected chi connectivity index (χ2v) is 7.26. The van der Waals surface area contributed by atoms with Gasteiger partial charge in [0.15, 0.2) is 0 Å². The van der Waals surface area contributed by atoms with Gasteiger partial charge >= 0.3 is 0 Å². The Balaban J connectivity index is 1.71. The SMILES string of the molecule is NS(=O)(=O)c1cccc(NC(=O)CC2CCOc3ccccc32)c1. The number of primary sulfonamides is 1. The van der Waals surface area contributed by atoms with Gasteiger partial charge in [-0.1, -0.05) is 24.3 Å². The summed E-state index contributed by atoms with van der Waals surface area (Å²) in [5.74, 6) is 0.720. The highest BCUT2D eigenvalue weighted by Crippen LogP contribution is 2.35. The summed E-state index contributed by atoms with van der Waals surface area (Å²) in [6.45, 7) is 0.579. The van der Waals surface area contributed by atoms with Crippen LogP contribution in [0, 0.1) is 0 Å². The van der Waals surface area contributed by atoms with E-state index in [0.29, 0.717) is 18.7 Å². The molecule has 0 radical (unpaired) electrons. The van der Waals surface area contributed by atoms with Crippen LogP contribution in [-0.4, -0.2) is 20.9 Å². The molecule has 3 rings (SSSR count). The zero-order valence-corrected chi connectivity index (χ0v) is 13.8. The Morgan fingerprint density at radius 1 is 1.21 bits per heavy atom. The summed E-state index contributed by atoms with van der Waals surface area (Å²) < 4.78 is 28.3. The van der Waals surface area contributed by atoms with Gasteiger partial charge in [0.1, 0.15) is 5.75 Å². The van der Waals surface area contributed by atoms with E-state index in [-0.39, 0.29) is 16.7 Å². The first-order valence-corrected chi connectivity index (χ1v) is 9.12. The summed E-state index contributed by atoms with van der Waals surface area (Å²) in [7, 11) is -3.80. The van der Waals surface area contributed by atoms with Crippen LogP contribution in [0.4, 0.5) is 5.69 Å². The van der Waals surface area contributed by atoms with Gasteiger partial charge in [-0.25, -0.2) is 13.6 Å². The van der Waals surface area contributed by atoms with Crippen LogP contribution in [0.2, 0.25) is 0 Å². The first-order chi connectivity index (χ1) is 11.4. The first kappa shape index (κ1) is 16.5. The van der Waals surface area contributed by atoms with Gasteiger partial charge in [0.25, 0.3) is 0 Å². The number of carbonyl (C=O) groups excluding carboxylic acids is 1. The summed E-state index contributed by atoms with van der Waals surface area (Å²) in [5.41, 5.74) is 1.43. The molecule has 1 heterocycles. The lowest BCUT2D eigenvalue weighted by Crippen LogP contribution is -2.21. The average Bonchev–Trinajstić information content (AvgIpc) is 2.54. The minimum Gasteiger partial charge on any atom is -0.493 e. The summed E-state index contributed by atoms with van der Waals surface area (Å²) in [4.78, 5) is 12.3. The van der Waals surface area contributed by atoms with Crippen molar-refractivity contribution in [3.63, 3.8) is 0 Å². The number of carbonyl (C=O) groups is 1. The van der Waals surface area contributed by atoms with Gasteiger partial charge in [-0.05, 0) is 42.2 Å². The summed E-state index contributed by atoms with van der Waals surface area (Å²) in [6.07, 6.45) is 1.07.